The Balaban J connectivity index is 1.52. The molecule has 1 aliphatic heterocycles. The molecule has 4 nitrogen and oxygen atoms in total. The smallest absolute Gasteiger partial charge is 0.150 e. The van der Waals surface area contributed by atoms with E-state index in [1.165, 1.54) is 29.4 Å². The van der Waals surface area contributed by atoms with E-state index in [4.69, 9.17) is 0 Å². The second-order valence-electron chi connectivity index (χ2n) is 8.50. The fourth-order valence-corrected chi connectivity index (χ4v) is 5.57. The third-order valence-electron chi connectivity index (χ3n) is 6.63. The summed E-state index contributed by atoms with van der Waals surface area (Å²) >= 11 is 0. The Hall–Kier alpha value is -2.11. The number of benzene rings is 2. The lowest BCUT2D eigenvalue weighted by Crippen LogP contribution is -2.33. The molecule has 4 rings (SSSR count). The fourth-order valence-electron chi connectivity index (χ4n) is 4.73. The summed E-state index contributed by atoms with van der Waals surface area (Å²) in [4.78, 5) is 6.06. The number of likely N-dealkylation sites (tertiary alicyclic amines) is 1. The number of nitrogens with zero attached hydrogens (tertiary/aromatic N) is 1. The molecule has 0 aliphatic carbocycles. The van der Waals surface area contributed by atoms with Gasteiger partial charge >= 0.3 is 0 Å². The van der Waals surface area contributed by atoms with Crippen molar-refractivity contribution in [2.75, 3.05) is 18.1 Å². The van der Waals surface area contributed by atoms with Crippen molar-refractivity contribution >= 4 is 20.7 Å². The SMILES string of the molecule is CCS(=O)(=O)CCc1ccc2[nH]cc(C[C@H]3CCCN3[C@H](C)c3ccccc3)c2c1. The molecule has 0 bridgehead atoms. The van der Waals surface area contributed by atoms with Gasteiger partial charge in [0.15, 0.2) is 0 Å². The Kier molecular flexibility index (Phi) is 6.30. The highest BCUT2D eigenvalue weighted by atomic mass is 32.2. The monoisotopic (exact) mass is 424 g/mol. The summed E-state index contributed by atoms with van der Waals surface area (Å²) in [6.45, 7) is 5.17. The molecule has 160 valence electrons. The molecule has 0 radical (unpaired) electrons. The summed E-state index contributed by atoms with van der Waals surface area (Å²) in [5, 5.41) is 1.24. The van der Waals surface area contributed by atoms with Crippen LogP contribution in [0.5, 0.6) is 0 Å². The number of H-pyrrole nitrogens is 1. The Morgan fingerprint density at radius 1 is 1.17 bits per heavy atom. The van der Waals surface area contributed by atoms with Crippen molar-refractivity contribution in [1.29, 1.82) is 0 Å². The van der Waals surface area contributed by atoms with Gasteiger partial charge in [-0.3, -0.25) is 4.90 Å². The van der Waals surface area contributed by atoms with E-state index >= 15 is 0 Å². The molecule has 5 heteroatoms. The van der Waals surface area contributed by atoms with Crippen LogP contribution in [0.2, 0.25) is 0 Å². The number of hydrogen-bond donors (Lipinski definition) is 1. The summed E-state index contributed by atoms with van der Waals surface area (Å²) in [7, 11) is -2.94. The van der Waals surface area contributed by atoms with E-state index in [-0.39, 0.29) is 11.5 Å². The van der Waals surface area contributed by atoms with Crippen molar-refractivity contribution in [1.82, 2.24) is 9.88 Å². The number of aromatic nitrogens is 1. The normalized spacial score (nSPS) is 18.8. The van der Waals surface area contributed by atoms with Gasteiger partial charge < -0.3 is 4.98 Å². The summed E-state index contributed by atoms with van der Waals surface area (Å²) in [5.74, 6) is 0.432. The zero-order chi connectivity index (χ0) is 21.1. The van der Waals surface area contributed by atoms with Gasteiger partial charge in [0, 0.05) is 34.9 Å². The first-order chi connectivity index (χ1) is 14.5. The molecule has 2 heterocycles. The zero-order valence-electron chi connectivity index (χ0n) is 18.0. The first-order valence-electron chi connectivity index (χ1n) is 11.1. The van der Waals surface area contributed by atoms with Crippen LogP contribution in [0.25, 0.3) is 10.9 Å². The van der Waals surface area contributed by atoms with E-state index in [0.29, 0.717) is 18.5 Å². The predicted octanol–water partition coefficient (Wildman–Crippen LogP) is 4.91. The van der Waals surface area contributed by atoms with Crippen LogP contribution in [0.15, 0.2) is 54.7 Å². The Morgan fingerprint density at radius 2 is 1.97 bits per heavy atom. The van der Waals surface area contributed by atoms with E-state index in [0.717, 1.165) is 24.0 Å². The Bertz CT molecular complexity index is 1090. The van der Waals surface area contributed by atoms with Gasteiger partial charge in [0.25, 0.3) is 0 Å². The maximum atomic E-state index is 11.9. The number of fused-ring (bicyclic) bond motifs is 1. The van der Waals surface area contributed by atoms with Crippen LogP contribution in [0.4, 0.5) is 0 Å². The topological polar surface area (TPSA) is 53.2 Å². The van der Waals surface area contributed by atoms with E-state index < -0.39 is 9.84 Å². The van der Waals surface area contributed by atoms with Crippen LogP contribution in [-0.4, -0.2) is 42.4 Å². The molecule has 2 atom stereocenters. The average molecular weight is 425 g/mol. The molecule has 3 aromatic rings. The largest absolute Gasteiger partial charge is 0.361 e. The number of hydrogen-bond acceptors (Lipinski definition) is 3. The van der Waals surface area contributed by atoms with E-state index in [1.807, 2.05) is 6.07 Å². The minimum atomic E-state index is -2.94. The molecule has 1 N–H and O–H groups in total. The lowest BCUT2D eigenvalue weighted by molar-refractivity contribution is 0.192. The molecule has 1 aliphatic rings. The first-order valence-corrected chi connectivity index (χ1v) is 12.9. The van der Waals surface area contributed by atoms with E-state index in [9.17, 15) is 8.42 Å². The van der Waals surface area contributed by atoms with Crippen molar-refractivity contribution in [3.8, 4) is 0 Å². The maximum absolute atomic E-state index is 11.9. The fraction of sp³-hybridized carbons (Fsp3) is 0.440. The van der Waals surface area contributed by atoms with Gasteiger partial charge in [-0.1, -0.05) is 43.3 Å². The molecule has 30 heavy (non-hydrogen) atoms. The molecular weight excluding hydrogens is 392 g/mol. The van der Waals surface area contributed by atoms with Gasteiger partial charge in [0.05, 0.1) is 5.75 Å². The van der Waals surface area contributed by atoms with Gasteiger partial charge in [0.1, 0.15) is 9.84 Å². The van der Waals surface area contributed by atoms with Gasteiger partial charge in [-0.05, 0) is 68.0 Å². The quantitative estimate of drug-likeness (QED) is 0.559. The van der Waals surface area contributed by atoms with E-state index in [2.05, 4.69) is 65.5 Å². The molecule has 0 unspecified atom stereocenters. The van der Waals surface area contributed by atoms with Crippen molar-refractivity contribution in [3.63, 3.8) is 0 Å². The second-order valence-corrected chi connectivity index (χ2v) is 11.0. The third kappa shape index (κ3) is 4.62. The highest BCUT2D eigenvalue weighted by Gasteiger charge is 2.29. The van der Waals surface area contributed by atoms with Crippen LogP contribution in [-0.2, 0) is 22.7 Å². The minimum Gasteiger partial charge on any atom is -0.361 e. The summed E-state index contributed by atoms with van der Waals surface area (Å²) in [6, 6.07) is 18.0. The highest BCUT2D eigenvalue weighted by Crippen LogP contribution is 2.32. The van der Waals surface area contributed by atoms with Gasteiger partial charge in [-0.25, -0.2) is 8.42 Å². The number of rotatable bonds is 8. The molecule has 0 saturated carbocycles. The second kappa shape index (κ2) is 8.94. The predicted molar refractivity (Wildman–Crippen MR) is 125 cm³/mol. The molecule has 1 aromatic heterocycles. The third-order valence-corrected chi connectivity index (χ3v) is 8.34. The standard InChI is InChI=1S/C25H32N2O2S/c1-3-30(28,29)15-13-20-11-12-25-24(16-20)22(18-26-25)17-23-10-7-14-27(23)19(2)21-8-5-4-6-9-21/h4-6,8-9,11-12,16,18-19,23,26H,3,7,10,13-15,17H2,1-2H3/t19-,23-/m1/s1. The average Bonchev–Trinajstić information content (AvgIpc) is 3.40. The number of nitrogens with one attached hydrogen (secondary N) is 1. The molecular formula is C25H32N2O2S. The molecule has 0 spiro atoms. The molecule has 1 saturated heterocycles. The van der Waals surface area contributed by atoms with Crippen LogP contribution in [0, 0.1) is 0 Å². The minimum absolute atomic E-state index is 0.210. The molecule has 0 amide bonds. The van der Waals surface area contributed by atoms with Crippen LogP contribution >= 0.6 is 0 Å². The number of aromatic amines is 1. The van der Waals surface area contributed by atoms with E-state index in [1.54, 1.807) is 6.92 Å². The van der Waals surface area contributed by atoms with Gasteiger partial charge in [-0.2, -0.15) is 0 Å². The summed E-state index contributed by atoms with van der Waals surface area (Å²) < 4.78 is 23.8. The first kappa shape index (κ1) is 21.1. The van der Waals surface area contributed by atoms with Gasteiger partial charge in [-0.15, -0.1) is 0 Å². The lowest BCUT2D eigenvalue weighted by Gasteiger charge is -2.31. The lowest BCUT2D eigenvalue weighted by atomic mass is 9.99. The summed E-state index contributed by atoms with van der Waals surface area (Å²) in [6.07, 6.45) is 6.20. The number of aryl methyl sites for hydroxylation is 1. The van der Waals surface area contributed by atoms with Crippen molar-refractivity contribution < 1.29 is 8.42 Å². The molecule has 2 aromatic carbocycles. The maximum Gasteiger partial charge on any atom is 0.150 e. The Morgan fingerprint density at radius 3 is 2.73 bits per heavy atom. The molecule has 1 fully saturated rings. The highest BCUT2D eigenvalue weighted by molar-refractivity contribution is 7.91. The van der Waals surface area contributed by atoms with Crippen LogP contribution in [0.3, 0.4) is 0 Å². The number of sulfone groups is 1. The van der Waals surface area contributed by atoms with Crippen molar-refractivity contribution in [2.45, 2.75) is 51.6 Å². The van der Waals surface area contributed by atoms with Crippen LogP contribution < -0.4 is 0 Å². The van der Waals surface area contributed by atoms with Crippen molar-refractivity contribution in [3.05, 3.63) is 71.4 Å². The summed E-state index contributed by atoms with van der Waals surface area (Å²) in [5.41, 5.74) is 4.94. The van der Waals surface area contributed by atoms with Crippen LogP contribution in [0.1, 0.15) is 49.4 Å². The van der Waals surface area contributed by atoms with Gasteiger partial charge in [0.2, 0.25) is 0 Å². The zero-order valence-corrected chi connectivity index (χ0v) is 18.8. The Labute approximate surface area is 180 Å². The van der Waals surface area contributed by atoms with Crippen molar-refractivity contribution in [2.24, 2.45) is 0 Å².